The van der Waals surface area contributed by atoms with Crippen LogP contribution in [0.5, 0.6) is 5.75 Å². The van der Waals surface area contributed by atoms with Gasteiger partial charge in [0.2, 0.25) is 0 Å². The maximum absolute atomic E-state index is 10.9. The lowest BCUT2D eigenvalue weighted by Crippen LogP contribution is -2.43. The molecule has 1 aliphatic heterocycles. The third kappa shape index (κ3) is 5.67. The van der Waals surface area contributed by atoms with Gasteiger partial charge < -0.3 is 20.5 Å². The number of ether oxygens (including phenoxy) is 1. The number of aromatic nitrogens is 4. The normalized spacial score (nSPS) is 14.6. The van der Waals surface area contributed by atoms with E-state index in [1.807, 2.05) is 42.6 Å². The van der Waals surface area contributed by atoms with Crippen LogP contribution in [-0.2, 0) is 13.2 Å². The first kappa shape index (κ1) is 23.8. The molecular weight excluding hydrogens is 482 g/mol. The Morgan fingerprint density at radius 1 is 1.17 bits per heavy atom. The van der Waals surface area contributed by atoms with E-state index in [0.29, 0.717) is 23.2 Å². The van der Waals surface area contributed by atoms with Crippen molar-refractivity contribution >= 4 is 34.7 Å². The minimum absolute atomic E-state index is 0.00601. The number of piperidine rings is 1. The van der Waals surface area contributed by atoms with Crippen molar-refractivity contribution in [2.75, 3.05) is 18.4 Å². The van der Waals surface area contributed by atoms with Crippen molar-refractivity contribution in [3.8, 4) is 5.75 Å². The summed E-state index contributed by atoms with van der Waals surface area (Å²) in [6.07, 6.45) is 7.49. The van der Waals surface area contributed by atoms with Crippen molar-refractivity contribution in [2.45, 2.75) is 32.0 Å². The second kappa shape index (κ2) is 10.8. The lowest BCUT2D eigenvalue weighted by molar-refractivity contribution is 0.165. The molecule has 1 saturated heterocycles. The summed E-state index contributed by atoms with van der Waals surface area (Å²) in [7, 11) is 0. The Hall–Kier alpha value is -3.89. The van der Waals surface area contributed by atoms with Crippen LogP contribution in [0, 0.1) is 0 Å². The number of carboxylic acid groups (broad SMARTS) is 1. The Morgan fingerprint density at radius 3 is 2.72 bits per heavy atom. The molecule has 1 aromatic carbocycles. The van der Waals surface area contributed by atoms with Gasteiger partial charge in [-0.1, -0.05) is 11.6 Å². The van der Waals surface area contributed by atoms with Crippen LogP contribution in [0.25, 0.3) is 5.52 Å². The van der Waals surface area contributed by atoms with E-state index < -0.39 is 6.09 Å². The van der Waals surface area contributed by atoms with Crippen LogP contribution < -0.4 is 15.4 Å². The van der Waals surface area contributed by atoms with Crippen LogP contribution in [-0.4, -0.2) is 54.8 Å². The average Bonchev–Trinajstić information content (AvgIpc) is 3.29. The third-order valence-corrected chi connectivity index (χ3v) is 6.48. The second-order valence-electron chi connectivity index (χ2n) is 8.66. The molecule has 0 radical (unpaired) electrons. The Bertz CT molecular complexity index is 1340. The highest BCUT2D eigenvalue weighted by atomic mass is 35.5. The molecule has 0 unspecified atom stereocenters. The first-order chi connectivity index (χ1) is 17.5. The van der Waals surface area contributed by atoms with E-state index >= 15 is 0 Å². The van der Waals surface area contributed by atoms with Crippen LogP contribution in [0.3, 0.4) is 0 Å². The number of fused-ring (bicyclic) bond motifs is 1. The highest BCUT2D eigenvalue weighted by Gasteiger charge is 2.22. The van der Waals surface area contributed by atoms with Crippen molar-refractivity contribution < 1.29 is 14.6 Å². The number of amides is 1. The highest BCUT2D eigenvalue weighted by molar-refractivity contribution is 6.32. The fraction of sp³-hybridized carbons (Fsp3) is 0.280. The Labute approximate surface area is 212 Å². The number of hydrogen-bond donors (Lipinski definition) is 3. The number of nitrogens with zero attached hydrogens (tertiary/aromatic N) is 5. The highest BCUT2D eigenvalue weighted by Crippen LogP contribution is 2.31. The molecule has 1 fully saturated rings. The van der Waals surface area contributed by atoms with Crippen molar-refractivity contribution in [3.05, 3.63) is 77.5 Å². The summed E-state index contributed by atoms with van der Waals surface area (Å²) < 4.78 is 7.66. The van der Waals surface area contributed by atoms with E-state index in [9.17, 15) is 4.79 Å². The molecule has 3 aromatic heterocycles. The molecule has 4 aromatic rings. The Kier molecular flexibility index (Phi) is 7.15. The molecule has 3 N–H and O–H groups in total. The van der Waals surface area contributed by atoms with E-state index in [1.165, 1.54) is 6.33 Å². The predicted molar refractivity (Wildman–Crippen MR) is 136 cm³/mol. The van der Waals surface area contributed by atoms with Gasteiger partial charge in [-0.15, -0.1) is 0 Å². The fourth-order valence-corrected chi connectivity index (χ4v) is 4.60. The van der Waals surface area contributed by atoms with Crippen molar-refractivity contribution in [1.82, 2.24) is 29.8 Å². The van der Waals surface area contributed by atoms with Gasteiger partial charge in [0.15, 0.2) is 5.82 Å². The quantitative estimate of drug-likeness (QED) is 0.322. The number of benzene rings is 1. The van der Waals surface area contributed by atoms with E-state index in [2.05, 4.69) is 30.6 Å². The largest absolute Gasteiger partial charge is 0.487 e. The zero-order valence-electron chi connectivity index (χ0n) is 19.5. The molecule has 10 nitrogen and oxygen atoms in total. The van der Waals surface area contributed by atoms with Crippen molar-refractivity contribution in [3.63, 3.8) is 0 Å². The zero-order valence-corrected chi connectivity index (χ0v) is 20.2. The van der Waals surface area contributed by atoms with Gasteiger partial charge in [-0.3, -0.25) is 9.88 Å². The molecule has 1 amide bonds. The number of anilines is 2. The number of rotatable bonds is 8. The maximum Gasteiger partial charge on any atom is 0.404 e. The van der Waals surface area contributed by atoms with Crippen LogP contribution in [0.2, 0.25) is 5.02 Å². The van der Waals surface area contributed by atoms with Gasteiger partial charge >= 0.3 is 6.09 Å². The maximum atomic E-state index is 10.9. The standard InChI is InChI=1S/C25H26ClN7O3/c26-21-13-20(1-2-22(21)36-15-17-3-8-27-9-4-17)30-24-23-18(5-12-33(23)29-16-28-24)14-32-10-6-19(7-11-32)31-25(34)35/h1-5,8-9,12-13,16,19,31H,6-7,10-11,14-15H2,(H,34,35)(H,28,29,30). The van der Waals surface area contributed by atoms with Gasteiger partial charge in [-0.25, -0.2) is 14.3 Å². The predicted octanol–water partition coefficient (Wildman–Crippen LogP) is 4.33. The van der Waals surface area contributed by atoms with E-state index in [0.717, 1.165) is 54.8 Å². The van der Waals surface area contributed by atoms with Crippen molar-refractivity contribution in [2.24, 2.45) is 0 Å². The molecular formula is C25H26ClN7O3. The SMILES string of the molecule is O=C(O)NC1CCN(Cc2ccn3ncnc(Nc4ccc(OCc5ccncc5)c(Cl)c4)c23)CC1. The lowest BCUT2D eigenvalue weighted by Gasteiger charge is -2.31. The third-order valence-electron chi connectivity index (χ3n) is 6.18. The summed E-state index contributed by atoms with van der Waals surface area (Å²) in [5.74, 6) is 1.27. The molecule has 0 spiro atoms. The van der Waals surface area contributed by atoms with Gasteiger partial charge in [-0.05, 0) is 60.4 Å². The zero-order chi connectivity index (χ0) is 24.9. The monoisotopic (exact) mass is 507 g/mol. The fourth-order valence-electron chi connectivity index (χ4n) is 4.36. The van der Waals surface area contributed by atoms with Gasteiger partial charge in [0, 0.05) is 50.0 Å². The van der Waals surface area contributed by atoms with Crippen LogP contribution in [0.1, 0.15) is 24.0 Å². The molecule has 11 heteroatoms. The van der Waals surface area contributed by atoms with Crippen LogP contribution in [0.15, 0.2) is 61.3 Å². The molecule has 0 bridgehead atoms. The van der Waals surface area contributed by atoms with Gasteiger partial charge in [-0.2, -0.15) is 5.10 Å². The minimum atomic E-state index is -0.965. The van der Waals surface area contributed by atoms with Crippen LogP contribution in [0.4, 0.5) is 16.3 Å². The number of carbonyl (C=O) groups is 1. The number of pyridine rings is 1. The second-order valence-corrected chi connectivity index (χ2v) is 9.06. The molecule has 36 heavy (non-hydrogen) atoms. The topological polar surface area (TPSA) is 117 Å². The summed E-state index contributed by atoms with van der Waals surface area (Å²) >= 11 is 6.50. The summed E-state index contributed by atoms with van der Waals surface area (Å²) in [5.41, 5.74) is 3.77. The summed E-state index contributed by atoms with van der Waals surface area (Å²) in [6.45, 7) is 2.75. The Balaban J connectivity index is 1.28. The van der Waals surface area contributed by atoms with Gasteiger partial charge in [0.05, 0.1) is 5.02 Å². The van der Waals surface area contributed by atoms with E-state index in [-0.39, 0.29) is 6.04 Å². The van der Waals surface area contributed by atoms with Gasteiger partial charge in [0.1, 0.15) is 24.2 Å². The lowest BCUT2D eigenvalue weighted by atomic mass is 10.0. The molecule has 0 atom stereocenters. The smallest absolute Gasteiger partial charge is 0.404 e. The summed E-state index contributed by atoms with van der Waals surface area (Å²) in [5, 5.41) is 19.7. The van der Waals surface area contributed by atoms with E-state index in [1.54, 1.807) is 16.9 Å². The molecule has 5 rings (SSSR count). The van der Waals surface area contributed by atoms with E-state index in [4.69, 9.17) is 21.4 Å². The number of halogens is 1. The molecule has 0 saturated carbocycles. The average molecular weight is 508 g/mol. The number of likely N-dealkylation sites (tertiary alicyclic amines) is 1. The molecule has 186 valence electrons. The molecule has 0 aliphatic carbocycles. The molecule has 1 aliphatic rings. The molecule has 4 heterocycles. The summed E-state index contributed by atoms with van der Waals surface area (Å²) in [6, 6.07) is 11.4. The Morgan fingerprint density at radius 2 is 1.97 bits per heavy atom. The van der Waals surface area contributed by atoms with Crippen molar-refractivity contribution in [1.29, 1.82) is 0 Å². The summed E-state index contributed by atoms with van der Waals surface area (Å²) in [4.78, 5) is 21.7. The number of hydrogen-bond acceptors (Lipinski definition) is 7. The minimum Gasteiger partial charge on any atom is -0.487 e. The first-order valence-electron chi connectivity index (χ1n) is 11.7. The first-order valence-corrected chi connectivity index (χ1v) is 12.0. The van der Waals surface area contributed by atoms with Gasteiger partial charge in [0.25, 0.3) is 0 Å². The van der Waals surface area contributed by atoms with Crippen LogP contribution >= 0.6 is 11.6 Å². The number of nitrogens with one attached hydrogen (secondary N) is 2.